The number of rotatable bonds is 2. The maximum absolute atomic E-state index is 11.3. The summed E-state index contributed by atoms with van der Waals surface area (Å²) in [5.74, 6) is 2.24. The molecule has 13 heavy (non-hydrogen) atoms. The Kier molecular flexibility index (Phi) is 2.33. The van der Waals surface area contributed by atoms with Crippen molar-refractivity contribution in [2.45, 2.75) is 19.4 Å². The molecule has 5 nitrogen and oxygen atoms in total. The molecule has 0 spiro atoms. The summed E-state index contributed by atoms with van der Waals surface area (Å²) >= 11 is 0. The van der Waals surface area contributed by atoms with Gasteiger partial charge in [0.2, 0.25) is 5.82 Å². The van der Waals surface area contributed by atoms with E-state index < -0.39 is 5.54 Å². The highest BCUT2D eigenvalue weighted by Gasteiger charge is 2.19. The molecule has 0 bridgehead atoms. The first-order chi connectivity index (χ1) is 6.05. The zero-order valence-corrected chi connectivity index (χ0v) is 7.46. The number of terminal acetylenes is 1. The largest absolute Gasteiger partial charge is 0.334 e. The third-order valence-electron chi connectivity index (χ3n) is 1.42. The molecular formula is C8H10N4O. The predicted octanol–water partition coefficient (Wildman–Crippen LogP) is -0.0537. The molecule has 1 aromatic rings. The molecule has 0 saturated carbocycles. The molecule has 0 radical (unpaired) electrons. The fraction of sp³-hybridized carbons (Fsp3) is 0.375. The number of amides is 1. The topological polar surface area (TPSA) is 70.7 Å². The molecule has 5 heteroatoms. The molecule has 1 aromatic heterocycles. The molecule has 1 amide bonds. The summed E-state index contributed by atoms with van der Waals surface area (Å²) in [6, 6.07) is 0. The first-order valence-corrected chi connectivity index (χ1v) is 3.71. The van der Waals surface area contributed by atoms with Crippen LogP contribution in [0.15, 0.2) is 6.33 Å². The van der Waals surface area contributed by atoms with Gasteiger partial charge < -0.3 is 5.32 Å². The van der Waals surface area contributed by atoms with Crippen molar-refractivity contribution in [3.8, 4) is 12.3 Å². The number of H-pyrrole nitrogens is 1. The minimum absolute atomic E-state index is 0.156. The van der Waals surface area contributed by atoms with E-state index in [1.807, 2.05) is 0 Å². The van der Waals surface area contributed by atoms with Crippen molar-refractivity contribution in [3.05, 3.63) is 12.2 Å². The number of carbonyl (C=O) groups excluding carboxylic acids is 1. The van der Waals surface area contributed by atoms with Gasteiger partial charge in [0.1, 0.15) is 6.33 Å². The van der Waals surface area contributed by atoms with E-state index in [1.54, 1.807) is 13.8 Å². The van der Waals surface area contributed by atoms with E-state index in [1.165, 1.54) is 6.33 Å². The molecule has 0 saturated heterocycles. The summed E-state index contributed by atoms with van der Waals surface area (Å²) in [5, 5.41) is 8.59. The number of nitrogens with zero attached hydrogens (tertiary/aromatic N) is 2. The molecule has 0 aliphatic rings. The number of hydrogen-bond donors (Lipinski definition) is 2. The Balaban J connectivity index is 2.68. The van der Waals surface area contributed by atoms with Crippen LogP contribution in [0.5, 0.6) is 0 Å². The van der Waals surface area contributed by atoms with Crippen LogP contribution in [-0.4, -0.2) is 26.6 Å². The van der Waals surface area contributed by atoms with E-state index in [-0.39, 0.29) is 11.7 Å². The number of aromatic nitrogens is 3. The van der Waals surface area contributed by atoms with Crippen molar-refractivity contribution in [3.63, 3.8) is 0 Å². The average molecular weight is 178 g/mol. The van der Waals surface area contributed by atoms with Gasteiger partial charge in [0.15, 0.2) is 0 Å². The van der Waals surface area contributed by atoms with E-state index in [2.05, 4.69) is 26.4 Å². The molecule has 0 aliphatic carbocycles. The fourth-order valence-electron chi connectivity index (χ4n) is 0.694. The summed E-state index contributed by atoms with van der Waals surface area (Å²) in [4.78, 5) is 15.0. The van der Waals surface area contributed by atoms with Crippen LogP contribution in [-0.2, 0) is 0 Å². The number of aromatic amines is 1. The Morgan fingerprint density at radius 1 is 1.77 bits per heavy atom. The van der Waals surface area contributed by atoms with Gasteiger partial charge in [-0.25, -0.2) is 4.98 Å². The molecule has 0 aliphatic heterocycles. The van der Waals surface area contributed by atoms with Gasteiger partial charge in [0, 0.05) is 0 Å². The zero-order chi connectivity index (χ0) is 9.90. The van der Waals surface area contributed by atoms with Gasteiger partial charge in [-0.2, -0.15) is 5.10 Å². The second-order valence-electron chi connectivity index (χ2n) is 3.06. The van der Waals surface area contributed by atoms with Crippen LogP contribution in [0.3, 0.4) is 0 Å². The maximum atomic E-state index is 11.3. The fourth-order valence-corrected chi connectivity index (χ4v) is 0.694. The van der Waals surface area contributed by atoms with Crippen molar-refractivity contribution in [1.82, 2.24) is 20.5 Å². The lowest BCUT2D eigenvalue weighted by Crippen LogP contribution is -2.42. The second kappa shape index (κ2) is 3.27. The quantitative estimate of drug-likeness (QED) is 0.623. The SMILES string of the molecule is C#CC(C)(C)NC(=O)c1ncn[nH]1. The van der Waals surface area contributed by atoms with Crippen LogP contribution in [0.4, 0.5) is 0 Å². The third kappa shape index (κ3) is 2.30. The summed E-state index contributed by atoms with van der Waals surface area (Å²) in [6.07, 6.45) is 6.46. The number of hydrogen-bond acceptors (Lipinski definition) is 3. The minimum atomic E-state index is -0.677. The summed E-state index contributed by atoms with van der Waals surface area (Å²) in [6.45, 7) is 3.45. The van der Waals surface area contributed by atoms with E-state index >= 15 is 0 Å². The first-order valence-electron chi connectivity index (χ1n) is 3.71. The third-order valence-corrected chi connectivity index (χ3v) is 1.42. The van der Waals surface area contributed by atoms with Crippen molar-refractivity contribution in [2.24, 2.45) is 0 Å². The highest BCUT2D eigenvalue weighted by Crippen LogP contribution is 2.00. The Bertz CT molecular complexity index is 334. The molecule has 2 N–H and O–H groups in total. The molecule has 0 unspecified atom stereocenters. The van der Waals surface area contributed by atoms with Crippen LogP contribution >= 0.6 is 0 Å². The van der Waals surface area contributed by atoms with Crippen LogP contribution in [0.1, 0.15) is 24.5 Å². The Morgan fingerprint density at radius 2 is 2.46 bits per heavy atom. The van der Waals surface area contributed by atoms with Crippen molar-refractivity contribution >= 4 is 5.91 Å². The lowest BCUT2D eigenvalue weighted by molar-refractivity contribution is 0.0919. The smallest absolute Gasteiger partial charge is 0.289 e. The van der Waals surface area contributed by atoms with E-state index in [0.29, 0.717) is 0 Å². The van der Waals surface area contributed by atoms with Crippen molar-refractivity contribution in [2.75, 3.05) is 0 Å². The zero-order valence-electron chi connectivity index (χ0n) is 7.46. The van der Waals surface area contributed by atoms with Gasteiger partial charge >= 0.3 is 0 Å². The van der Waals surface area contributed by atoms with Gasteiger partial charge in [-0.05, 0) is 13.8 Å². The summed E-state index contributed by atoms with van der Waals surface area (Å²) < 4.78 is 0. The van der Waals surface area contributed by atoms with Crippen LogP contribution in [0.25, 0.3) is 0 Å². The lowest BCUT2D eigenvalue weighted by Gasteiger charge is -2.18. The highest BCUT2D eigenvalue weighted by atomic mass is 16.2. The second-order valence-corrected chi connectivity index (χ2v) is 3.06. The number of carbonyl (C=O) groups is 1. The molecular weight excluding hydrogens is 168 g/mol. The normalized spacial score (nSPS) is 10.5. The van der Waals surface area contributed by atoms with Crippen molar-refractivity contribution < 1.29 is 4.79 Å². The lowest BCUT2D eigenvalue weighted by atomic mass is 10.1. The summed E-state index contributed by atoms with van der Waals surface area (Å²) in [7, 11) is 0. The minimum Gasteiger partial charge on any atom is -0.334 e. The Labute approximate surface area is 75.9 Å². The van der Waals surface area contributed by atoms with Gasteiger partial charge in [-0.1, -0.05) is 5.92 Å². The van der Waals surface area contributed by atoms with Crippen LogP contribution in [0, 0.1) is 12.3 Å². The Morgan fingerprint density at radius 3 is 2.92 bits per heavy atom. The molecule has 0 fully saturated rings. The van der Waals surface area contributed by atoms with E-state index in [4.69, 9.17) is 6.42 Å². The van der Waals surface area contributed by atoms with Crippen LogP contribution < -0.4 is 5.32 Å². The summed E-state index contributed by atoms with van der Waals surface area (Å²) in [5.41, 5.74) is -0.677. The predicted molar refractivity (Wildman–Crippen MR) is 46.8 cm³/mol. The van der Waals surface area contributed by atoms with Gasteiger partial charge in [0.05, 0.1) is 5.54 Å². The molecule has 1 heterocycles. The van der Waals surface area contributed by atoms with Crippen molar-refractivity contribution in [1.29, 1.82) is 0 Å². The maximum Gasteiger partial charge on any atom is 0.289 e. The standard InChI is InChI=1S/C8H10N4O/c1-4-8(2,3)11-7(13)6-9-5-10-12-6/h1,5H,2-3H3,(H,11,13)(H,9,10,12). The molecule has 0 aromatic carbocycles. The average Bonchev–Trinajstić information content (AvgIpc) is 2.55. The van der Waals surface area contributed by atoms with Gasteiger partial charge in [0.25, 0.3) is 5.91 Å². The molecule has 1 rings (SSSR count). The van der Waals surface area contributed by atoms with E-state index in [0.717, 1.165) is 0 Å². The Hall–Kier alpha value is -1.83. The highest BCUT2D eigenvalue weighted by molar-refractivity contribution is 5.91. The molecule has 0 atom stereocenters. The van der Waals surface area contributed by atoms with Crippen LogP contribution in [0.2, 0.25) is 0 Å². The monoisotopic (exact) mass is 178 g/mol. The molecule has 68 valence electrons. The van der Waals surface area contributed by atoms with Gasteiger partial charge in [-0.15, -0.1) is 6.42 Å². The number of nitrogens with one attached hydrogen (secondary N) is 2. The first kappa shape index (κ1) is 9.26. The van der Waals surface area contributed by atoms with E-state index in [9.17, 15) is 4.79 Å². The van der Waals surface area contributed by atoms with Gasteiger partial charge in [-0.3, -0.25) is 9.89 Å².